The third-order valence-corrected chi connectivity index (χ3v) is 4.52. The van der Waals surface area contributed by atoms with Gasteiger partial charge in [-0.1, -0.05) is 20.8 Å². The van der Waals surface area contributed by atoms with Crippen LogP contribution in [0.2, 0.25) is 0 Å². The van der Waals surface area contributed by atoms with Crippen LogP contribution >= 0.6 is 0 Å². The average molecular weight is 400 g/mol. The van der Waals surface area contributed by atoms with E-state index < -0.39 is 5.60 Å². The van der Waals surface area contributed by atoms with Crippen LogP contribution in [0.5, 0.6) is 0 Å². The molecule has 0 aromatic rings. The van der Waals surface area contributed by atoms with E-state index in [1.54, 1.807) is 19.0 Å². The molecule has 1 amide bonds. The van der Waals surface area contributed by atoms with Crippen molar-refractivity contribution in [3.63, 3.8) is 0 Å². The number of rotatable bonds is 11. The van der Waals surface area contributed by atoms with Crippen LogP contribution < -0.4 is 10.6 Å². The quantitative estimate of drug-likeness (QED) is 0.413. The minimum Gasteiger partial charge on any atom is -0.444 e. The van der Waals surface area contributed by atoms with Crippen LogP contribution in [-0.4, -0.2) is 80.3 Å². The second-order valence-corrected chi connectivity index (χ2v) is 8.63. The van der Waals surface area contributed by atoms with E-state index in [4.69, 9.17) is 4.74 Å². The normalized spacial score (nSPS) is 14.6. The van der Waals surface area contributed by atoms with Crippen molar-refractivity contribution >= 4 is 12.1 Å². The fourth-order valence-electron chi connectivity index (χ4n) is 2.88. The van der Waals surface area contributed by atoms with Gasteiger partial charge in [0.2, 0.25) is 0 Å². The monoisotopic (exact) mass is 399 g/mol. The molecule has 0 fully saturated rings. The fraction of sp³-hybridized carbons (Fsp3) is 0.905. The molecule has 28 heavy (non-hydrogen) atoms. The maximum absolute atomic E-state index is 12.1. The SMILES string of the molecule is CCN(CC)CCCC(C)NC(=NC)NCC(C)CN(C)C(=O)OC(C)(C)C. The average Bonchev–Trinajstić information content (AvgIpc) is 2.60. The second-order valence-electron chi connectivity index (χ2n) is 8.63. The van der Waals surface area contributed by atoms with Crippen LogP contribution in [0, 0.1) is 5.92 Å². The van der Waals surface area contributed by atoms with Gasteiger partial charge in [-0.05, 0) is 66.1 Å². The molecule has 0 saturated carbocycles. The molecule has 0 heterocycles. The third kappa shape index (κ3) is 12.8. The first-order valence-electron chi connectivity index (χ1n) is 10.7. The summed E-state index contributed by atoms with van der Waals surface area (Å²) in [4.78, 5) is 20.5. The Morgan fingerprint density at radius 2 is 1.79 bits per heavy atom. The summed E-state index contributed by atoms with van der Waals surface area (Å²) in [6, 6.07) is 0.363. The highest BCUT2D eigenvalue weighted by atomic mass is 16.6. The molecular formula is C21H45N5O2. The van der Waals surface area contributed by atoms with Gasteiger partial charge >= 0.3 is 6.09 Å². The first-order chi connectivity index (χ1) is 13.0. The summed E-state index contributed by atoms with van der Waals surface area (Å²) in [6.45, 7) is 19.1. The Hall–Kier alpha value is -1.50. The minimum absolute atomic E-state index is 0.272. The van der Waals surface area contributed by atoms with Gasteiger partial charge in [-0.2, -0.15) is 0 Å². The van der Waals surface area contributed by atoms with Crippen molar-refractivity contribution in [3.8, 4) is 0 Å². The largest absolute Gasteiger partial charge is 0.444 e. The number of ether oxygens (including phenoxy) is 1. The highest BCUT2D eigenvalue weighted by Gasteiger charge is 2.20. The number of guanidine groups is 1. The molecule has 2 unspecified atom stereocenters. The van der Waals surface area contributed by atoms with Crippen LogP contribution in [-0.2, 0) is 4.74 Å². The van der Waals surface area contributed by atoms with E-state index in [1.165, 1.54) is 6.42 Å². The van der Waals surface area contributed by atoms with Crippen LogP contribution in [0.3, 0.4) is 0 Å². The first kappa shape index (κ1) is 26.5. The molecule has 0 radical (unpaired) electrons. The lowest BCUT2D eigenvalue weighted by molar-refractivity contribution is 0.0278. The number of hydrogen-bond acceptors (Lipinski definition) is 4. The number of aliphatic imine (C=N–C) groups is 1. The molecule has 7 nitrogen and oxygen atoms in total. The summed E-state index contributed by atoms with van der Waals surface area (Å²) < 4.78 is 5.40. The number of hydrogen-bond donors (Lipinski definition) is 2. The summed E-state index contributed by atoms with van der Waals surface area (Å²) in [6.07, 6.45) is 1.99. The standard InChI is InChI=1S/C21H45N5O2/c1-10-26(11-2)14-12-13-18(4)24-19(22-8)23-15-17(3)16-25(9)20(27)28-21(5,6)7/h17-18H,10-16H2,1-9H3,(H2,22,23,24). The van der Waals surface area contributed by atoms with Crippen LogP contribution in [0.1, 0.15) is 61.3 Å². The molecular weight excluding hydrogens is 354 g/mol. The van der Waals surface area contributed by atoms with Crippen molar-refractivity contribution in [1.29, 1.82) is 0 Å². The molecule has 0 aliphatic carbocycles. The van der Waals surface area contributed by atoms with Gasteiger partial charge in [-0.25, -0.2) is 4.79 Å². The lowest BCUT2D eigenvalue weighted by atomic mass is 10.1. The molecule has 166 valence electrons. The highest BCUT2D eigenvalue weighted by molar-refractivity contribution is 5.79. The number of carbonyl (C=O) groups excluding carboxylic acids is 1. The van der Waals surface area contributed by atoms with Crippen LogP contribution in [0.4, 0.5) is 4.79 Å². The molecule has 0 aliphatic rings. The van der Waals surface area contributed by atoms with Gasteiger partial charge in [-0.15, -0.1) is 0 Å². The number of carbonyl (C=O) groups is 1. The number of nitrogens with zero attached hydrogens (tertiary/aromatic N) is 3. The van der Waals surface area contributed by atoms with Gasteiger partial charge in [0.25, 0.3) is 0 Å². The molecule has 2 N–H and O–H groups in total. The second kappa shape index (κ2) is 13.6. The van der Waals surface area contributed by atoms with E-state index in [2.05, 4.69) is 48.2 Å². The summed E-state index contributed by atoms with van der Waals surface area (Å²) in [5.74, 6) is 1.08. The molecule has 2 atom stereocenters. The number of amides is 1. The van der Waals surface area contributed by atoms with Gasteiger partial charge in [-0.3, -0.25) is 4.99 Å². The summed E-state index contributed by atoms with van der Waals surface area (Å²) >= 11 is 0. The van der Waals surface area contributed by atoms with Crippen molar-refractivity contribution in [1.82, 2.24) is 20.4 Å². The Morgan fingerprint density at radius 1 is 1.18 bits per heavy atom. The van der Waals surface area contributed by atoms with Gasteiger partial charge < -0.3 is 25.2 Å². The summed E-state index contributed by atoms with van der Waals surface area (Å²) in [7, 11) is 3.56. The van der Waals surface area contributed by atoms with Crippen molar-refractivity contribution in [2.75, 3.05) is 46.8 Å². The molecule has 0 aromatic carbocycles. The van der Waals surface area contributed by atoms with Crippen LogP contribution in [0.25, 0.3) is 0 Å². The first-order valence-corrected chi connectivity index (χ1v) is 10.7. The molecule has 0 bridgehead atoms. The Morgan fingerprint density at radius 3 is 2.29 bits per heavy atom. The summed E-state index contributed by atoms with van der Waals surface area (Å²) in [5.41, 5.74) is -0.472. The van der Waals surface area contributed by atoms with E-state index in [-0.39, 0.29) is 12.0 Å². The lowest BCUT2D eigenvalue weighted by Crippen LogP contribution is -2.45. The lowest BCUT2D eigenvalue weighted by Gasteiger charge is -2.27. The van der Waals surface area contributed by atoms with Crippen molar-refractivity contribution < 1.29 is 9.53 Å². The van der Waals surface area contributed by atoms with Gasteiger partial charge in [0.1, 0.15) is 5.60 Å². The predicted molar refractivity (Wildman–Crippen MR) is 119 cm³/mol. The Balaban J connectivity index is 4.23. The Bertz CT molecular complexity index is 458. The molecule has 0 rings (SSSR count). The van der Waals surface area contributed by atoms with Crippen LogP contribution in [0.15, 0.2) is 4.99 Å². The molecule has 0 aromatic heterocycles. The van der Waals surface area contributed by atoms with Crippen molar-refractivity contribution in [2.45, 2.75) is 73.0 Å². The van der Waals surface area contributed by atoms with E-state index >= 15 is 0 Å². The fourth-order valence-corrected chi connectivity index (χ4v) is 2.88. The smallest absolute Gasteiger partial charge is 0.410 e. The maximum atomic E-state index is 12.1. The zero-order chi connectivity index (χ0) is 21.7. The van der Waals surface area contributed by atoms with Gasteiger partial charge in [0.15, 0.2) is 5.96 Å². The molecule has 0 spiro atoms. The number of nitrogens with one attached hydrogen (secondary N) is 2. The zero-order valence-electron chi connectivity index (χ0n) is 19.8. The highest BCUT2D eigenvalue weighted by Crippen LogP contribution is 2.10. The molecule has 0 aliphatic heterocycles. The van der Waals surface area contributed by atoms with Crippen molar-refractivity contribution in [2.24, 2.45) is 10.9 Å². The van der Waals surface area contributed by atoms with E-state index in [0.29, 0.717) is 12.6 Å². The Kier molecular flexibility index (Phi) is 12.9. The molecule has 0 saturated heterocycles. The van der Waals surface area contributed by atoms with E-state index in [1.807, 2.05) is 20.8 Å². The maximum Gasteiger partial charge on any atom is 0.410 e. The zero-order valence-corrected chi connectivity index (χ0v) is 19.8. The topological polar surface area (TPSA) is 69.2 Å². The van der Waals surface area contributed by atoms with E-state index in [0.717, 1.165) is 38.6 Å². The third-order valence-electron chi connectivity index (χ3n) is 4.52. The molecule has 7 heteroatoms. The van der Waals surface area contributed by atoms with Crippen molar-refractivity contribution in [3.05, 3.63) is 0 Å². The van der Waals surface area contributed by atoms with Gasteiger partial charge in [0, 0.05) is 33.2 Å². The van der Waals surface area contributed by atoms with E-state index in [9.17, 15) is 4.79 Å². The minimum atomic E-state index is -0.472. The predicted octanol–water partition coefficient (Wildman–Crippen LogP) is 3.16. The summed E-state index contributed by atoms with van der Waals surface area (Å²) in [5, 5.41) is 6.82. The van der Waals surface area contributed by atoms with Gasteiger partial charge in [0.05, 0.1) is 0 Å². The Labute approximate surface area is 173 Å².